The molecule has 1 rings (SSSR count). The fraction of sp³-hybridized carbons (Fsp3) is 0.556. The molecule has 0 unspecified atom stereocenters. The molecule has 4 heteroatoms. The van der Waals surface area contributed by atoms with E-state index in [0.717, 1.165) is 5.56 Å². The van der Waals surface area contributed by atoms with Gasteiger partial charge in [0.15, 0.2) is 5.69 Å². The summed E-state index contributed by atoms with van der Waals surface area (Å²) in [6.07, 6.45) is 1.76. The van der Waals surface area contributed by atoms with Crippen molar-refractivity contribution in [3.8, 4) is 6.07 Å². The predicted octanol–water partition coefficient (Wildman–Crippen LogP) is 0.834. The van der Waals surface area contributed by atoms with Crippen molar-refractivity contribution in [3.05, 3.63) is 17.5 Å². The molecule has 0 atom stereocenters. The molecular formula is C9H13N3O. The molecule has 1 N–H and O–H groups in total. The first-order valence-electron chi connectivity index (χ1n) is 4.09. The Balaban J connectivity index is 2.87. The Morgan fingerprint density at radius 2 is 2.31 bits per heavy atom. The molecule has 0 bridgehead atoms. The van der Waals surface area contributed by atoms with Crippen LogP contribution < -0.4 is 0 Å². The molecule has 0 spiro atoms. The molecule has 13 heavy (non-hydrogen) atoms. The molecule has 1 heterocycles. The van der Waals surface area contributed by atoms with Gasteiger partial charge in [-0.2, -0.15) is 10.4 Å². The van der Waals surface area contributed by atoms with Gasteiger partial charge in [-0.1, -0.05) is 0 Å². The highest BCUT2D eigenvalue weighted by Gasteiger charge is 2.15. The van der Waals surface area contributed by atoms with Gasteiger partial charge in [-0.15, -0.1) is 0 Å². The molecule has 0 aliphatic heterocycles. The third-order valence-electron chi connectivity index (χ3n) is 1.60. The zero-order valence-corrected chi connectivity index (χ0v) is 8.07. The summed E-state index contributed by atoms with van der Waals surface area (Å²) in [5, 5.41) is 22.2. The van der Waals surface area contributed by atoms with Crippen LogP contribution in [0.4, 0.5) is 0 Å². The van der Waals surface area contributed by atoms with Crippen molar-refractivity contribution in [2.45, 2.75) is 32.9 Å². The molecule has 4 nitrogen and oxygen atoms in total. The van der Waals surface area contributed by atoms with Gasteiger partial charge in [0.25, 0.3) is 0 Å². The Morgan fingerprint density at radius 3 is 2.69 bits per heavy atom. The van der Waals surface area contributed by atoms with E-state index >= 15 is 0 Å². The summed E-state index contributed by atoms with van der Waals surface area (Å²) in [4.78, 5) is 0. The molecule has 0 saturated heterocycles. The summed E-state index contributed by atoms with van der Waals surface area (Å²) >= 11 is 0. The number of aliphatic hydroxyl groups is 1. The van der Waals surface area contributed by atoms with Crippen molar-refractivity contribution in [3.63, 3.8) is 0 Å². The maximum atomic E-state index is 9.50. The second-order valence-corrected chi connectivity index (χ2v) is 3.78. The maximum Gasteiger partial charge on any atom is 0.165 e. The highest BCUT2D eigenvalue weighted by atomic mass is 16.3. The lowest BCUT2D eigenvalue weighted by molar-refractivity contribution is 0.0577. The molecule has 0 saturated carbocycles. The van der Waals surface area contributed by atoms with Crippen LogP contribution in [-0.2, 0) is 6.54 Å². The zero-order chi connectivity index (χ0) is 10.1. The molecule has 70 valence electrons. The highest BCUT2D eigenvalue weighted by molar-refractivity contribution is 5.27. The Labute approximate surface area is 77.4 Å². The van der Waals surface area contributed by atoms with Crippen molar-refractivity contribution < 1.29 is 5.11 Å². The van der Waals surface area contributed by atoms with Gasteiger partial charge in [-0.05, 0) is 20.8 Å². The van der Waals surface area contributed by atoms with Gasteiger partial charge in [0.2, 0.25) is 0 Å². The Hall–Kier alpha value is -1.34. The van der Waals surface area contributed by atoms with Crippen LogP contribution in [0.2, 0.25) is 0 Å². The van der Waals surface area contributed by atoms with Crippen LogP contribution in [0.1, 0.15) is 25.1 Å². The molecule has 0 amide bonds. The van der Waals surface area contributed by atoms with Crippen LogP contribution in [0.15, 0.2) is 6.20 Å². The number of aromatic nitrogens is 2. The minimum Gasteiger partial charge on any atom is -0.389 e. The van der Waals surface area contributed by atoms with Gasteiger partial charge < -0.3 is 5.11 Å². The summed E-state index contributed by atoms with van der Waals surface area (Å²) in [7, 11) is 0. The van der Waals surface area contributed by atoms with Crippen molar-refractivity contribution >= 4 is 0 Å². The van der Waals surface area contributed by atoms with Crippen LogP contribution in [0.25, 0.3) is 0 Å². The average molecular weight is 179 g/mol. The first-order valence-corrected chi connectivity index (χ1v) is 4.09. The molecule has 0 aliphatic rings. The average Bonchev–Trinajstić information content (AvgIpc) is 2.26. The van der Waals surface area contributed by atoms with E-state index < -0.39 is 5.60 Å². The SMILES string of the molecule is Cc1cn(CC(C)(C)O)nc1C#N. The Morgan fingerprint density at radius 1 is 1.69 bits per heavy atom. The van der Waals surface area contributed by atoms with E-state index in [1.165, 1.54) is 0 Å². The standard InChI is InChI=1S/C9H13N3O/c1-7-5-12(6-9(2,3)13)11-8(7)4-10/h5,13H,6H2,1-3H3. The summed E-state index contributed by atoms with van der Waals surface area (Å²) in [6.45, 7) is 5.63. The van der Waals surface area contributed by atoms with Crippen molar-refractivity contribution in [1.29, 1.82) is 5.26 Å². The lowest BCUT2D eigenvalue weighted by Crippen LogP contribution is -2.26. The van der Waals surface area contributed by atoms with Gasteiger partial charge in [0, 0.05) is 11.8 Å². The van der Waals surface area contributed by atoms with Gasteiger partial charge >= 0.3 is 0 Å². The summed E-state index contributed by atoms with van der Waals surface area (Å²) in [5.41, 5.74) is 0.460. The number of hydrogen-bond donors (Lipinski definition) is 1. The van der Waals surface area contributed by atoms with Crippen molar-refractivity contribution in [2.75, 3.05) is 0 Å². The third-order valence-corrected chi connectivity index (χ3v) is 1.60. The second-order valence-electron chi connectivity index (χ2n) is 3.78. The normalized spacial score (nSPS) is 11.3. The van der Waals surface area contributed by atoms with Gasteiger partial charge in [-0.25, -0.2) is 0 Å². The summed E-state index contributed by atoms with van der Waals surface area (Å²) in [6, 6.07) is 1.99. The minimum absolute atomic E-state index is 0.398. The predicted molar refractivity (Wildman–Crippen MR) is 48.0 cm³/mol. The molecule has 0 fully saturated rings. The van der Waals surface area contributed by atoms with Crippen LogP contribution in [-0.4, -0.2) is 20.5 Å². The quantitative estimate of drug-likeness (QED) is 0.731. The van der Waals surface area contributed by atoms with Crippen molar-refractivity contribution in [1.82, 2.24) is 9.78 Å². The molecule has 0 radical (unpaired) electrons. The number of nitrogens with zero attached hydrogens (tertiary/aromatic N) is 3. The third kappa shape index (κ3) is 2.56. The largest absolute Gasteiger partial charge is 0.389 e. The van der Waals surface area contributed by atoms with Crippen LogP contribution in [0, 0.1) is 18.3 Å². The number of hydrogen-bond acceptors (Lipinski definition) is 3. The minimum atomic E-state index is -0.800. The first-order chi connectivity index (χ1) is 5.92. The zero-order valence-electron chi connectivity index (χ0n) is 8.07. The summed E-state index contributed by atoms with van der Waals surface area (Å²) < 4.78 is 1.59. The van der Waals surface area contributed by atoms with E-state index in [1.54, 1.807) is 24.7 Å². The van der Waals surface area contributed by atoms with E-state index in [0.29, 0.717) is 12.2 Å². The second kappa shape index (κ2) is 3.19. The lowest BCUT2D eigenvalue weighted by Gasteiger charge is -2.16. The van der Waals surface area contributed by atoms with Crippen molar-refractivity contribution in [2.24, 2.45) is 0 Å². The van der Waals surface area contributed by atoms with Gasteiger partial charge in [0.1, 0.15) is 6.07 Å². The van der Waals surface area contributed by atoms with Gasteiger partial charge in [-0.3, -0.25) is 4.68 Å². The fourth-order valence-corrected chi connectivity index (χ4v) is 1.11. The molecular weight excluding hydrogens is 166 g/mol. The Bertz CT molecular complexity index is 341. The van der Waals surface area contributed by atoms with Crippen LogP contribution in [0.5, 0.6) is 0 Å². The maximum absolute atomic E-state index is 9.50. The van der Waals surface area contributed by atoms with E-state index in [2.05, 4.69) is 5.10 Å². The smallest absolute Gasteiger partial charge is 0.165 e. The van der Waals surface area contributed by atoms with E-state index in [4.69, 9.17) is 5.26 Å². The highest BCUT2D eigenvalue weighted by Crippen LogP contribution is 2.08. The van der Waals surface area contributed by atoms with E-state index in [-0.39, 0.29) is 0 Å². The Kier molecular flexibility index (Phi) is 2.39. The molecule has 0 aromatic carbocycles. The number of nitriles is 1. The molecule has 1 aromatic rings. The molecule has 0 aliphatic carbocycles. The number of rotatable bonds is 2. The lowest BCUT2D eigenvalue weighted by atomic mass is 10.1. The number of aryl methyl sites for hydroxylation is 1. The van der Waals surface area contributed by atoms with Gasteiger partial charge in [0.05, 0.1) is 12.1 Å². The first kappa shape index (κ1) is 9.75. The molecule has 1 aromatic heterocycles. The fourth-order valence-electron chi connectivity index (χ4n) is 1.11. The van der Waals surface area contributed by atoms with Crippen LogP contribution in [0.3, 0.4) is 0 Å². The topological polar surface area (TPSA) is 61.8 Å². The van der Waals surface area contributed by atoms with Crippen LogP contribution >= 0.6 is 0 Å². The summed E-state index contributed by atoms with van der Waals surface area (Å²) in [5.74, 6) is 0. The van der Waals surface area contributed by atoms with E-state index in [9.17, 15) is 5.11 Å². The monoisotopic (exact) mass is 179 g/mol. The van der Waals surface area contributed by atoms with E-state index in [1.807, 2.05) is 13.0 Å².